The smallest absolute Gasteiger partial charge is 0.0540 e. The Balaban J connectivity index is 1.10. The molecule has 0 spiro atoms. The Bertz CT molecular complexity index is 2570. The van der Waals surface area contributed by atoms with Gasteiger partial charge < -0.3 is 9.47 Å². The highest BCUT2D eigenvalue weighted by molar-refractivity contribution is 6.03. The second-order valence-electron chi connectivity index (χ2n) is 14.3. The van der Waals surface area contributed by atoms with Gasteiger partial charge in [-0.2, -0.15) is 0 Å². The first kappa shape index (κ1) is 30.9. The number of hydrogen-bond donors (Lipinski definition) is 0. The molecule has 0 saturated carbocycles. The van der Waals surface area contributed by atoms with Crippen molar-refractivity contribution in [2.24, 2.45) is 0 Å². The number of benzene rings is 7. The monoisotopic (exact) mass is 656 g/mol. The molecule has 1 aliphatic carbocycles. The van der Waals surface area contributed by atoms with E-state index in [4.69, 9.17) is 0 Å². The van der Waals surface area contributed by atoms with Crippen LogP contribution in [-0.2, 0) is 5.41 Å². The normalized spacial score (nSPS) is 13.2. The summed E-state index contributed by atoms with van der Waals surface area (Å²) in [5, 5.41) is 3.78. The minimum atomic E-state index is -0.122. The van der Waals surface area contributed by atoms with E-state index in [1.54, 1.807) is 0 Å². The van der Waals surface area contributed by atoms with Crippen molar-refractivity contribution in [3.8, 4) is 16.8 Å². The molecule has 0 aliphatic heterocycles. The molecule has 51 heavy (non-hydrogen) atoms. The summed E-state index contributed by atoms with van der Waals surface area (Å²) in [6.07, 6.45) is 4.56. The molecule has 7 aromatic carbocycles. The van der Waals surface area contributed by atoms with Gasteiger partial charge in [-0.15, -0.1) is 0 Å². The number of rotatable bonds is 6. The quantitative estimate of drug-likeness (QED) is 0.162. The lowest BCUT2D eigenvalue weighted by Crippen LogP contribution is -2.15. The van der Waals surface area contributed by atoms with E-state index >= 15 is 0 Å². The highest BCUT2D eigenvalue weighted by Gasteiger charge is 2.36. The average molecular weight is 657 g/mol. The van der Waals surface area contributed by atoms with Crippen molar-refractivity contribution in [2.45, 2.75) is 33.1 Å². The number of aryl methyl sites for hydroxylation is 1. The molecule has 0 N–H and O–H groups in total. The summed E-state index contributed by atoms with van der Waals surface area (Å²) in [4.78, 5) is 2.35. The van der Waals surface area contributed by atoms with E-state index in [9.17, 15) is 0 Å². The maximum Gasteiger partial charge on any atom is 0.0540 e. The summed E-state index contributed by atoms with van der Waals surface area (Å²) in [5.41, 5.74) is 16.3. The minimum Gasteiger partial charge on any atom is -0.314 e. The van der Waals surface area contributed by atoms with E-state index in [-0.39, 0.29) is 5.41 Å². The third kappa shape index (κ3) is 5.02. The Kier molecular flexibility index (Phi) is 7.29. The molecule has 9 rings (SSSR count). The summed E-state index contributed by atoms with van der Waals surface area (Å²) >= 11 is 0. The fraction of sp³-hybridized carbons (Fsp3) is 0.102. The molecule has 2 nitrogen and oxygen atoms in total. The second-order valence-corrected chi connectivity index (χ2v) is 14.3. The predicted octanol–water partition coefficient (Wildman–Crippen LogP) is 13.3. The molecule has 0 atom stereocenters. The molecule has 0 fully saturated rings. The van der Waals surface area contributed by atoms with Gasteiger partial charge in [0.1, 0.15) is 0 Å². The topological polar surface area (TPSA) is 8.17 Å². The largest absolute Gasteiger partial charge is 0.314 e. The van der Waals surface area contributed by atoms with E-state index in [1.807, 2.05) is 0 Å². The SMILES string of the molecule is Cc1c(C)n(-c2ccccc2)c2cc3c(cc12)-c1ccc(/C=C/c2cccc4c(N(c5ccccc5)c5ccccc5)cccc24)cc1C3(C)C. The number of nitrogens with zero attached hydrogens (tertiary/aromatic N) is 2. The van der Waals surface area contributed by atoms with Gasteiger partial charge in [0.15, 0.2) is 0 Å². The molecule has 0 radical (unpaired) electrons. The number of aromatic nitrogens is 1. The van der Waals surface area contributed by atoms with E-state index in [0.29, 0.717) is 0 Å². The second kappa shape index (κ2) is 12.0. The Hall–Kier alpha value is -6.12. The first-order chi connectivity index (χ1) is 24.9. The highest BCUT2D eigenvalue weighted by atomic mass is 15.1. The zero-order valence-corrected chi connectivity index (χ0v) is 29.6. The van der Waals surface area contributed by atoms with Crippen molar-refractivity contribution in [1.29, 1.82) is 0 Å². The van der Waals surface area contributed by atoms with E-state index < -0.39 is 0 Å². The Morgan fingerprint density at radius 3 is 1.86 bits per heavy atom. The Morgan fingerprint density at radius 2 is 1.16 bits per heavy atom. The number of para-hydroxylation sites is 3. The van der Waals surface area contributed by atoms with Crippen LogP contribution in [-0.4, -0.2) is 4.57 Å². The molecule has 1 heterocycles. The third-order valence-electron chi connectivity index (χ3n) is 11.0. The molecular formula is C49H40N2. The molecule has 0 bridgehead atoms. The van der Waals surface area contributed by atoms with Gasteiger partial charge in [0.2, 0.25) is 0 Å². The van der Waals surface area contributed by atoms with Gasteiger partial charge >= 0.3 is 0 Å². The van der Waals surface area contributed by atoms with E-state index in [2.05, 4.69) is 207 Å². The summed E-state index contributed by atoms with van der Waals surface area (Å²) in [6.45, 7) is 9.26. The van der Waals surface area contributed by atoms with Crippen LogP contribution in [0.4, 0.5) is 17.1 Å². The summed E-state index contributed by atoms with van der Waals surface area (Å²) in [6, 6.07) is 57.2. The van der Waals surface area contributed by atoms with Crippen LogP contribution in [0.25, 0.3) is 50.6 Å². The summed E-state index contributed by atoms with van der Waals surface area (Å²) in [7, 11) is 0. The molecule has 0 saturated heterocycles. The van der Waals surface area contributed by atoms with Crippen molar-refractivity contribution >= 4 is 50.9 Å². The van der Waals surface area contributed by atoms with Crippen LogP contribution in [0.1, 0.15) is 47.4 Å². The lowest BCUT2D eigenvalue weighted by Gasteiger charge is -2.27. The molecule has 246 valence electrons. The third-order valence-corrected chi connectivity index (χ3v) is 11.0. The fourth-order valence-corrected chi connectivity index (χ4v) is 8.25. The van der Waals surface area contributed by atoms with Crippen molar-refractivity contribution in [1.82, 2.24) is 4.57 Å². The van der Waals surface area contributed by atoms with Gasteiger partial charge in [-0.1, -0.05) is 129 Å². The molecule has 8 aromatic rings. The molecule has 1 aliphatic rings. The van der Waals surface area contributed by atoms with Gasteiger partial charge in [0.25, 0.3) is 0 Å². The first-order valence-electron chi connectivity index (χ1n) is 17.9. The molecule has 1 aromatic heterocycles. The first-order valence-corrected chi connectivity index (χ1v) is 17.9. The fourth-order valence-electron chi connectivity index (χ4n) is 8.25. The van der Waals surface area contributed by atoms with Crippen LogP contribution in [0.15, 0.2) is 158 Å². The molecule has 0 amide bonds. The van der Waals surface area contributed by atoms with Crippen molar-refractivity contribution in [3.63, 3.8) is 0 Å². The van der Waals surface area contributed by atoms with Crippen LogP contribution in [0.3, 0.4) is 0 Å². The maximum atomic E-state index is 2.45. The van der Waals surface area contributed by atoms with Crippen LogP contribution >= 0.6 is 0 Å². The number of anilines is 3. The zero-order valence-electron chi connectivity index (χ0n) is 29.6. The Morgan fingerprint density at radius 1 is 0.529 bits per heavy atom. The standard InChI is InChI=1S/C49H40N2/c1-33-34(2)50(37-17-8-5-9-18-37)48-32-46-44(31-43(33)48)41-29-27-35(30-45(41)49(46,3)4)26-28-36-16-14-24-42-40(36)23-15-25-47(42)51(38-19-10-6-11-20-38)39-21-12-7-13-22-39/h5-32H,1-4H3/b28-26+. The van der Waals surface area contributed by atoms with Crippen LogP contribution in [0.5, 0.6) is 0 Å². The van der Waals surface area contributed by atoms with Crippen molar-refractivity contribution < 1.29 is 0 Å². The van der Waals surface area contributed by atoms with Crippen LogP contribution in [0.2, 0.25) is 0 Å². The molecule has 0 unspecified atom stereocenters. The molecule has 2 heteroatoms. The van der Waals surface area contributed by atoms with Gasteiger partial charge in [-0.05, 0) is 113 Å². The Labute approximate surface area is 300 Å². The van der Waals surface area contributed by atoms with Gasteiger partial charge in [0.05, 0.1) is 11.2 Å². The summed E-state index contributed by atoms with van der Waals surface area (Å²) < 4.78 is 2.42. The molecular weight excluding hydrogens is 617 g/mol. The summed E-state index contributed by atoms with van der Waals surface area (Å²) in [5.74, 6) is 0. The van der Waals surface area contributed by atoms with Crippen molar-refractivity contribution in [3.05, 3.63) is 191 Å². The van der Waals surface area contributed by atoms with E-state index in [1.165, 1.54) is 72.0 Å². The van der Waals surface area contributed by atoms with Crippen molar-refractivity contribution in [2.75, 3.05) is 4.90 Å². The maximum absolute atomic E-state index is 2.45. The lowest BCUT2D eigenvalue weighted by atomic mass is 9.81. The predicted molar refractivity (Wildman–Crippen MR) is 218 cm³/mol. The van der Waals surface area contributed by atoms with Gasteiger partial charge in [-0.3, -0.25) is 0 Å². The zero-order chi connectivity index (χ0) is 34.7. The van der Waals surface area contributed by atoms with Crippen LogP contribution in [0, 0.1) is 13.8 Å². The van der Waals surface area contributed by atoms with E-state index in [0.717, 1.165) is 17.1 Å². The highest BCUT2D eigenvalue weighted by Crippen LogP contribution is 2.51. The van der Waals surface area contributed by atoms with Gasteiger partial charge in [-0.25, -0.2) is 0 Å². The minimum absolute atomic E-state index is 0.122. The number of fused-ring (bicyclic) bond motifs is 5. The lowest BCUT2D eigenvalue weighted by molar-refractivity contribution is 0.660. The van der Waals surface area contributed by atoms with Crippen LogP contribution < -0.4 is 4.90 Å². The van der Waals surface area contributed by atoms with Gasteiger partial charge in [0, 0.05) is 38.9 Å². The average Bonchev–Trinajstić information content (AvgIpc) is 3.55. The number of hydrogen-bond acceptors (Lipinski definition) is 1.